The molecule has 2 amide bonds. The molecular formula is C16H20N2O. The molecule has 2 aromatic carbocycles. The van der Waals surface area contributed by atoms with Crippen molar-refractivity contribution in [2.24, 2.45) is 0 Å². The summed E-state index contributed by atoms with van der Waals surface area (Å²) in [7, 11) is 0. The molecule has 19 heavy (non-hydrogen) atoms. The molecule has 0 radical (unpaired) electrons. The first kappa shape index (κ1) is 13.4. The van der Waals surface area contributed by atoms with Gasteiger partial charge in [0.25, 0.3) is 0 Å². The molecule has 0 aromatic heterocycles. The quantitative estimate of drug-likeness (QED) is 0.865. The second-order valence-corrected chi connectivity index (χ2v) is 5.06. The fourth-order valence-electron chi connectivity index (χ4n) is 2.21. The number of hydrogen-bond acceptors (Lipinski definition) is 1. The Bertz CT molecular complexity index is 572. The molecule has 0 aliphatic carbocycles. The normalized spacial score (nSPS) is 12.4. The molecule has 2 N–H and O–H groups in total. The zero-order valence-electron chi connectivity index (χ0n) is 11.6. The second kappa shape index (κ2) is 5.74. The van der Waals surface area contributed by atoms with E-state index in [2.05, 4.69) is 34.9 Å². The van der Waals surface area contributed by atoms with E-state index in [1.807, 2.05) is 39.0 Å². The summed E-state index contributed by atoms with van der Waals surface area (Å²) in [5.74, 6) is 0. The highest BCUT2D eigenvalue weighted by Crippen LogP contribution is 2.23. The van der Waals surface area contributed by atoms with Crippen LogP contribution in [0.4, 0.5) is 4.79 Å². The van der Waals surface area contributed by atoms with Gasteiger partial charge in [-0.15, -0.1) is 0 Å². The number of hydrogen-bond donors (Lipinski definition) is 2. The third-order valence-electron chi connectivity index (χ3n) is 3.06. The van der Waals surface area contributed by atoms with Gasteiger partial charge in [-0.05, 0) is 37.1 Å². The highest BCUT2D eigenvalue weighted by atomic mass is 16.2. The Kier molecular flexibility index (Phi) is 4.05. The van der Waals surface area contributed by atoms with E-state index in [-0.39, 0.29) is 18.1 Å². The molecule has 0 saturated carbocycles. The minimum atomic E-state index is -0.129. The van der Waals surface area contributed by atoms with Crippen molar-refractivity contribution < 1.29 is 4.79 Å². The third kappa shape index (κ3) is 3.25. The fraction of sp³-hybridized carbons (Fsp3) is 0.312. The Morgan fingerprint density at radius 2 is 1.63 bits per heavy atom. The molecule has 0 aliphatic rings. The van der Waals surface area contributed by atoms with Crippen LogP contribution in [0.5, 0.6) is 0 Å². The summed E-state index contributed by atoms with van der Waals surface area (Å²) in [4.78, 5) is 11.8. The summed E-state index contributed by atoms with van der Waals surface area (Å²) < 4.78 is 0. The van der Waals surface area contributed by atoms with Crippen molar-refractivity contribution in [1.82, 2.24) is 10.6 Å². The highest BCUT2D eigenvalue weighted by Gasteiger charge is 2.12. The highest BCUT2D eigenvalue weighted by molar-refractivity contribution is 5.86. The molecule has 0 unspecified atom stereocenters. The molecule has 0 spiro atoms. The fourth-order valence-corrected chi connectivity index (χ4v) is 2.21. The minimum absolute atomic E-state index is 0.0233. The number of nitrogens with one attached hydrogen (secondary N) is 2. The van der Waals surface area contributed by atoms with Crippen molar-refractivity contribution >= 4 is 16.8 Å². The van der Waals surface area contributed by atoms with E-state index in [1.54, 1.807) is 0 Å². The van der Waals surface area contributed by atoms with Crippen LogP contribution in [0.2, 0.25) is 0 Å². The van der Waals surface area contributed by atoms with E-state index in [0.717, 1.165) is 5.56 Å². The van der Waals surface area contributed by atoms with Gasteiger partial charge in [0, 0.05) is 6.04 Å². The summed E-state index contributed by atoms with van der Waals surface area (Å²) in [6.45, 7) is 5.89. The number of carbonyl (C=O) groups excluding carboxylic acids is 1. The number of urea groups is 1. The topological polar surface area (TPSA) is 41.1 Å². The number of amides is 2. The van der Waals surface area contributed by atoms with E-state index < -0.39 is 0 Å². The van der Waals surface area contributed by atoms with Crippen molar-refractivity contribution in [3.05, 3.63) is 48.0 Å². The summed E-state index contributed by atoms with van der Waals surface area (Å²) in [5.41, 5.74) is 1.14. The molecule has 3 nitrogen and oxygen atoms in total. The van der Waals surface area contributed by atoms with Crippen molar-refractivity contribution in [2.45, 2.75) is 32.9 Å². The van der Waals surface area contributed by atoms with Crippen LogP contribution >= 0.6 is 0 Å². The molecule has 2 rings (SSSR count). The lowest BCUT2D eigenvalue weighted by atomic mass is 10.00. The molecule has 2 aromatic rings. The average molecular weight is 256 g/mol. The number of fused-ring (bicyclic) bond motifs is 1. The van der Waals surface area contributed by atoms with Crippen LogP contribution in [-0.4, -0.2) is 12.1 Å². The zero-order valence-corrected chi connectivity index (χ0v) is 11.6. The molecule has 0 bridgehead atoms. The Hall–Kier alpha value is -2.03. The maximum Gasteiger partial charge on any atom is 0.315 e. The Balaban J connectivity index is 2.22. The first-order chi connectivity index (χ1) is 9.08. The Morgan fingerprint density at radius 3 is 2.37 bits per heavy atom. The van der Waals surface area contributed by atoms with Gasteiger partial charge in [0.15, 0.2) is 0 Å². The van der Waals surface area contributed by atoms with E-state index >= 15 is 0 Å². The van der Waals surface area contributed by atoms with Crippen molar-refractivity contribution in [3.63, 3.8) is 0 Å². The van der Waals surface area contributed by atoms with Crippen molar-refractivity contribution in [1.29, 1.82) is 0 Å². The standard InChI is InChI=1S/C16H20N2O/c1-11(2)17-16(19)18-12(3)14-10-6-8-13-7-4-5-9-15(13)14/h4-12H,1-3H3,(H2,17,18,19)/t12-/m0/s1. The van der Waals surface area contributed by atoms with Gasteiger partial charge in [-0.25, -0.2) is 4.79 Å². The summed E-state index contributed by atoms with van der Waals surface area (Å²) in [6.07, 6.45) is 0. The Labute approximate surface area is 114 Å². The lowest BCUT2D eigenvalue weighted by Gasteiger charge is -2.18. The first-order valence-electron chi connectivity index (χ1n) is 6.62. The minimum Gasteiger partial charge on any atom is -0.336 e. The van der Waals surface area contributed by atoms with E-state index in [0.29, 0.717) is 0 Å². The van der Waals surface area contributed by atoms with Crippen LogP contribution in [0, 0.1) is 0 Å². The lowest BCUT2D eigenvalue weighted by molar-refractivity contribution is 0.235. The average Bonchev–Trinajstić information content (AvgIpc) is 2.36. The molecular weight excluding hydrogens is 236 g/mol. The van der Waals surface area contributed by atoms with Crippen LogP contribution in [0.1, 0.15) is 32.4 Å². The van der Waals surface area contributed by atoms with Crippen LogP contribution in [0.25, 0.3) is 10.8 Å². The SMILES string of the molecule is CC(C)NC(=O)N[C@@H](C)c1cccc2ccccc12. The van der Waals surface area contributed by atoms with Crippen LogP contribution in [0.3, 0.4) is 0 Å². The molecule has 1 atom stereocenters. The third-order valence-corrected chi connectivity index (χ3v) is 3.06. The summed E-state index contributed by atoms with van der Waals surface area (Å²) in [6, 6.07) is 14.4. The second-order valence-electron chi connectivity index (χ2n) is 5.06. The zero-order chi connectivity index (χ0) is 13.8. The molecule has 0 aliphatic heterocycles. The van der Waals surface area contributed by atoms with Gasteiger partial charge in [0.2, 0.25) is 0 Å². The predicted octanol–water partition coefficient (Wildman–Crippen LogP) is 3.61. The number of carbonyl (C=O) groups is 1. The van der Waals surface area contributed by atoms with Crippen LogP contribution in [-0.2, 0) is 0 Å². The monoisotopic (exact) mass is 256 g/mol. The maximum absolute atomic E-state index is 11.8. The predicted molar refractivity (Wildman–Crippen MR) is 79.2 cm³/mol. The largest absolute Gasteiger partial charge is 0.336 e. The number of rotatable bonds is 3. The van der Waals surface area contributed by atoms with Gasteiger partial charge in [-0.3, -0.25) is 0 Å². The molecule has 0 saturated heterocycles. The maximum atomic E-state index is 11.8. The smallest absolute Gasteiger partial charge is 0.315 e. The Morgan fingerprint density at radius 1 is 0.947 bits per heavy atom. The van der Waals surface area contributed by atoms with Gasteiger partial charge in [-0.1, -0.05) is 42.5 Å². The van der Waals surface area contributed by atoms with Crippen LogP contribution < -0.4 is 10.6 Å². The molecule has 0 fully saturated rings. The van der Waals surface area contributed by atoms with E-state index in [1.165, 1.54) is 10.8 Å². The van der Waals surface area contributed by atoms with Gasteiger partial charge >= 0.3 is 6.03 Å². The molecule has 3 heteroatoms. The molecule has 0 heterocycles. The van der Waals surface area contributed by atoms with Gasteiger partial charge in [-0.2, -0.15) is 0 Å². The van der Waals surface area contributed by atoms with Crippen molar-refractivity contribution in [2.75, 3.05) is 0 Å². The summed E-state index contributed by atoms with van der Waals surface area (Å²) >= 11 is 0. The van der Waals surface area contributed by atoms with Crippen molar-refractivity contribution in [3.8, 4) is 0 Å². The van der Waals surface area contributed by atoms with E-state index in [9.17, 15) is 4.79 Å². The molecule has 100 valence electrons. The van der Waals surface area contributed by atoms with E-state index in [4.69, 9.17) is 0 Å². The lowest BCUT2D eigenvalue weighted by Crippen LogP contribution is -2.40. The summed E-state index contributed by atoms with van der Waals surface area (Å²) in [5, 5.41) is 8.19. The van der Waals surface area contributed by atoms with Crippen LogP contribution in [0.15, 0.2) is 42.5 Å². The van der Waals surface area contributed by atoms with Gasteiger partial charge in [0.05, 0.1) is 6.04 Å². The van der Waals surface area contributed by atoms with Gasteiger partial charge in [0.1, 0.15) is 0 Å². The number of benzene rings is 2. The van der Waals surface area contributed by atoms with Gasteiger partial charge < -0.3 is 10.6 Å². The first-order valence-corrected chi connectivity index (χ1v) is 6.62.